The minimum Gasteiger partial charge on any atom is -0.469 e. The molecular formula is C16H27NO3. The van der Waals surface area contributed by atoms with Gasteiger partial charge in [-0.15, -0.1) is 0 Å². The fourth-order valence-electron chi connectivity index (χ4n) is 3.26. The van der Waals surface area contributed by atoms with Crippen LogP contribution in [0, 0.1) is 12.8 Å². The van der Waals surface area contributed by atoms with Crippen molar-refractivity contribution >= 4 is 0 Å². The number of hydrogen-bond donors (Lipinski definition) is 1. The minimum atomic E-state index is -0.486. The summed E-state index contributed by atoms with van der Waals surface area (Å²) < 4.78 is 11.4. The molecule has 1 aromatic heterocycles. The lowest BCUT2D eigenvalue weighted by Crippen LogP contribution is -2.42. The van der Waals surface area contributed by atoms with Crippen LogP contribution in [0.25, 0.3) is 0 Å². The maximum atomic E-state index is 10.5. The van der Waals surface area contributed by atoms with Crippen LogP contribution in [0.1, 0.15) is 39.0 Å². The molecular weight excluding hydrogens is 254 g/mol. The van der Waals surface area contributed by atoms with Crippen molar-refractivity contribution in [1.29, 1.82) is 0 Å². The summed E-state index contributed by atoms with van der Waals surface area (Å²) in [6, 6.07) is 2.00. The van der Waals surface area contributed by atoms with Gasteiger partial charge < -0.3 is 19.2 Å². The standard InChI is InChI=1S/C16H27NO3/c1-11-12(7-8-19-11)9-17(6)10-13-14(18)16(4,5)20-15(13,2)3/h7-8,13-14,18H,9-10H2,1-6H3. The van der Waals surface area contributed by atoms with Crippen molar-refractivity contribution in [3.05, 3.63) is 23.7 Å². The predicted molar refractivity (Wildman–Crippen MR) is 78.5 cm³/mol. The van der Waals surface area contributed by atoms with E-state index in [-0.39, 0.29) is 11.5 Å². The SMILES string of the molecule is Cc1occc1CN(C)CC1C(O)C(C)(C)OC1(C)C. The molecule has 2 atom stereocenters. The van der Waals surface area contributed by atoms with Crippen LogP contribution in [-0.2, 0) is 11.3 Å². The summed E-state index contributed by atoms with van der Waals surface area (Å²) >= 11 is 0. The molecule has 2 rings (SSSR count). The van der Waals surface area contributed by atoms with Crippen LogP contribution >= 0.6 is 0 Å². The van der Waals surface area contributed by atoms with Gasteiger partial charge in [0.05, 0.1) is 23.6 Å². The number of furan rings is 1. The first-order valence-corrected chi connectivity index (χ1v) is 7.23. The Morgan fingerprint density at radius 1 is 1.25 bits per heavy atom. The van der Waals surface area contributed by atoms with Crippen molar-refractivity contribution < 1.29 is 14.3 Å². The van der Waals surface area contributed by atoms with E-state index in [2.05, 4.69) is 25.8 Å². The van der Waals surface area contributed by atoms with Gasteiger partial charge in [-0.2, -0.15) is 0 Å². The largest absolute Gasteiger partial charge is 0.469 e. The van der Waals surface area contributed by atoms with Crippen LogP contribution in [0.2, 0.25) is 0 Å². The zero-order valence-corrected chi connectivity index (χ0v) is 13.4. The molecule has 1 aromatic rings. The molecule has 1 aliphatic heterocycles. The Kier molecular flexibility index (Phi) is 4.02. The average Bonchev–Trinajstić information content (AvgIpc) is 2.74. The third-order valence-corrected chi connectivity index (χ3v) is 4.43. The summed E-state index contributed by atoms with van der Waals surface area (Å²) in [6.45, 7) is 11.6. The zero-order valence-electron chi connectivity index (χ0n) is 13.4. The van der Waals surface area contributed by atoms with Gasteiger partial charge in [0.25, 0.3) is 0 Å². The van der Waals surface area contributed by atoms with E-state index in [1.165, 1.54) is 5.56 Å². The van der Waals surface area contributed by atoms with Gasteiger partial charge in [0, 0.05) is 24.6 Å². The molecule has 0 bridgehead atoms. The summed E-state index contributed by atoms with van der Waals surface area (Å²) in [5.41, 5.74) is 0.390. The summed E-state index contributed by atoms with van der Waals surface area (Å²) in [7, 11) is 2.07. The second kappa shape index (κ2) is 5.17. The molecule has 1 N–H and O–H groups in total. The van der Waals surface area contributed by atoms with Crippen LogP contribution in [-0.4, -0.2) is 40.9 Å². The summed E-state index contributed by atoms with van der Waals surface area (Å²) in [6.07, 6.45) is 1.27. The Bertz CT molecular complexity index is 464. The van der Waals surface area contributed by atoms with Crippen molar-refractivity contribution in [2.45, 2.75) is 58.5 Å². The van der Waals surface area contributed by atoms with Crippen LogP contribution in [0.15, 0.2) is 16.7 Å². The quantitative estimate of drug-likeness (QED) is 0.921. The number of ether oxygens (including phenoxy) is 1. The van der Waals surface area contributed by atoms with Crippen LogP contribution in [0.3, 0.4) is 0 Å². The lowest BCUT2D eigenvalue weighted by molar-refractivity contribution is -0.0912. The molecule has 1 aliphatic rings. The van der Waals surface area contributed by atoms with Crippen molar-refractivity contribution in [1.82, 2.24) is 4.90 Å². The Labute approximate surface area is 121 Å². The molecule has 1 saturated heterocycles. The molecule has 4 nitrogen and oxygen atoms in total. The second-order valence-corrected chi connectivity index (χ2v) is 7.06. The van der Waals surface area contributed by atoms with Crippen molar-refractivity contribution in [3.63, 3.8) is 0 Å². The van der Waals surface area contributed by atoms with Crippen LogP contribution < -0.4 is 0 Å². The van der Waals surface area contributed by atoms with E-state index in [1.807, 2.05) is 26.8 Å². The van der Waals surface area contributed by atoms with Crippen molar-refractivity contribution in [3.8, 4) is 0 Å². The van der Waals surface area contributed by atoms with Gasteiger partial charge in [0.2, 0.25) is 0 Å². The highest BCUT2D eigenvalue weighted by molar-refractivity contribution is 5.15. The van der Waals surface area contributed by atoms with Crippen molar-refractivity contribution in [2.24, 2.45) is 5.92 Å². The Hall–Kier alpha value is -0.840. The lowest BCUT2D eigenvalue weighted by Gasteiger charge is -2.30. The van der Waals surface area contributed by atoms with Gasteiger partial charge in [0.1, 0.15) is 5.76 Å². The highest BCUT2D eigenvalue weighted by Crippen LogP contribution is 2.42. The summed E-state index contributed by atoms with van der Waals surface area (Å²) in [5.74, 6) is 1.05. The van der Waals surface area contributed by atoms with E-state index >= 15 is 0 Å². The van der Waals surface area contributed by atoms with E-state index < -0.39 is 11.7 Å². The molecule has 20 heavy (non-hydrogen) atoms. The Morgan fingerprint density at radius 3 is 2.35 bits per heavy atom. The van der Waals surface area contributed by atoms with Gasteiger partial charge in [-0.05, 0) is 47.7 Å². The van der Waals surface area contributed by atoms with Gasteiger partial charge in [-0.1, -0.05) is 0 Å². The molecule has 2 unspecified atom stereocenters. The summed E-state index contributed by atoms with van der Waals surface area (Å²) in [5, 5.41) is 10.5. The van der Waals surface area contributed by atoms with E-state index in [0.717, 1.165) is 18.8 Å². The van der Waals surface area contributed by atoms with Gasteiger partial charge >= 0.3 is 0 Å². The fourth-order valence-corrected chi connectivity index (χ4v) is 3.26. The number of hydrogen-bond acceptors (Lipinski definition) is 4. The molecule has 114 valence electrons. The summed E-state index contributed by atoms with van der Waals surface area (Å²) in [4.78, 5) is 2.22. The number of aryl methyl sites for hydroxylation is 1. The molecule has 0 aliphatic carbocycles. The van der Waals surface area contributed by atoms with E-state index in [1.54, 1.807) is 6.26 Å². The highest BCUT2D eigenvalue weighted by atomic mass is 16.5. The van der Waals surface area contributed by atoms with Crippen LogP contribution in [0.4, 0.5) is 0 Å². The number of aliphatic hydroxyl groups is 1. The molecule has 0 amide bonds. The lowest BCUT2D eigenvalue weighted by atomic mass is 9.84. The van der Waals surface area contributed by atoms with Gasteiger partial charge in [-0.25, -0.2) is 0 Å². The zero-order chi connectivity index (χ0) is 15.1. The molecule has 0 aromatic carbocycles. The Balaban J connectivity index is 2.04. The molecule has 0 saturated carbocycles. The topological polar surface area (TPSA) is 45.8 Å². The maximum absolute atomic E-state index is 10.5. The highest BCUT2D eigenvalue weighted by Gasteiger charge is 2.53. The predicted octanol–water partition coefficient (Wildman–Crippen LogP) is 2.58. The number of nitrogens with zero attached hydrogens (tertiary/aromatic N) is 1. The Morgan fingerprint density at radius 2 is 1.90 bits per heavy atom. The molecule has 0 spiro atoms. The minimum absolute atomic E-state index is 0.0923. The fraction of sp³-hybridized carbons (Fsp3) is 0.750. The average molecular weight is 281 g/mol. The molecule has 1 fully saturated rings. The maximum Gasteiger partial charge on any atom is 0.105 e. The smallest absolute Gasteiger partial charge is 0.105 e. The number of aliphatic hydroxyl groups excluding tert-OH is 1. The van der Waals surface area contributed by atoms with E-state index in [9.17, 15) is 5.11 Å². The molecule has 2 heterocycles. The van der Waals surface area contributed by atoms with Crippen molar-refractivity contribution in [2.75, 3.05) is 13.6 Å². The third-order valence-electron chi connectivity index (χ3n) is 4.43. The first-order chi connectivity index (χ1) is 9.13. The van der Waals surface area contributed by atoms with E-state index in [0.29, 0.717) is 0 Å². The number of rotatable bonds is 4. The molecule has 4 heteroatoms. The third kappa shape index (κ3) is 2.92. The normalized spacial score (nSPS) is 28.2. The molecule has 0 radical (unpaired) electrons. The first-order valence-electron chi connectivity index (χ1n) is 7.23. The second-order valence-electron chi connectivity index (χ2n) is 7.06. The monoisotopic (exact) mass is 281 g/mol. The first kappa shape index (κ1) is 15.5. The van der Waals surface area contributed by atoms with E-state index in [4.69, 9.17) is 9.15 Å². The van der Waals surface area contributed by atoms with Gasteiger partial charge in [-0.3, -0.25) is 0 Å². The van der Waals surface area contributed by atoms with Crippen LogP contribution in [0.5, 0.6) is 0 Å². The van der Waals surface area contributed by atoms with Gasteiger partial charge in [0.15, 0.2) is 0 Å².